The number of rotatable bonds is 2. The smallest absolute Gasteiger partial charge is 0.137 e. The first kappa shape index (κ1) is 13.7. The first-order valence-electron chi connectivity index (χ1n) is 6.50. The van der Waals surface area contributed by atoms with Crippen molar-refractivity contribution in [1.82, 2.24) is 0 Å². The van der Waals surface area contributed by atoms with E-state index in [9.17, 15) is 8.78 Å². The standard InChI is InChI=1S/C16H14BrF2N/c17-14-7-10(1-4-15(14)19)9-16(20)6-5-11-8-12(18)2-3-13(11)16/h1-4,7-8H,5-6,9,20H2. The molecule has 0 bridgehead atoms. The van der Waals surface area contributed by atoms with Gasteiger partial charge in [0.05, 0.1) is 4.47 Å². The van der Waals surface area contributed by atoms with E-state index in [-0.39, 0.29) is 11.6 Å². The van der Waals surface area contributed by atoms with Gasteiger partial charge < -0.3 is 5.73 Å². The molecule has 0 saturated heterocycles. The molecule has 2 aromatic rings. The summed E-state index contributed by atoms with van der Waals surface area (Å²) in [4.78, 5) is 0. The highest BCUT2D eigenvalue weighted by molar-refractivity contribution is 9.10. The predicted molar refractivity (Wildman–Crippen MR) is 78.4 cm³/mol. The maximum absolute atomic E-state index is 13.3. The van der Waals surface area contributed by atoms with Gasteiger partial charge in [-0.05, 0) is 76.1 Å². The molecule has 2 aromatic carbocycles. The predicted octanol–water partition coefficient (Wildman–Crippen LogP) is 4.07. The van der Waals surface area contributed by atoms with Crippen molar-refractivity contribution in [3.8, 4) is 0 Å². The Kier molecular flexibility index (Phi) is 3.38. The summed E-state index contributed by atoms with van der Waals surface area (Å²) in [6, 6.07) is 9.72. The molecule has 2 N–H and O–H groups in total. The first-order chi connectivity index (χ1) is 9.48. The van der Waals surface area contributed by atoms with Gasteiger partial charge >= 0.3 is 0 Å². The Morgan fingerprint density at radius 1 is 1.15 bits per heavy atom. The van der Waals surface area contributed by atoms with Crippen LogP contribution in [0.1, 0.15) is 23.1 Å². The molecule has 0 radical (unpaired) electrons. The van der Waals surface area contributed by atoms with Gasteiger partial charge in [0, 0.05) is 5.54 Å². The Morgan fingerprint density at radius 2 is 1.95 bits per heavy atom. The van der Waals surface area contributed by atoms with Crippen LogP contribution in [0.15, 0.2) is 40.9 Å². The number of hydrogen-bond donors (Lipinski definition) is 1. The molecule has 20 heavy (non-hydrogen) atoms. The fourth-order valence-corrected chi connectivity index (χ4v) is 3.37. The molecule has 3 rings (SSSR count). The number of hydrogen-bond acceptors (Lipinski definition) is 1. The third-order valence-corrected chi connectivity index (χ3v) is 4.56. The lowest BCUT2D eigenvalue weighted by atomic mass is 9.86. The largest absolute Gasteiger partial charge is 0.321 e. The van der Waals surface area contributed by atoms with Crippen LogP contribution < -0.4 is 5.73 Å². The lowest BCUT2D eigenvalue weighted by molar-refractivity contribution is 0.438. The molecule has 0 spiro atoms. The average Bonchev–Trinajstić information content (AvgIpc) is 2.71. The van der Waals surface area contributed by atoms with Crippen LogP contribution in [0.5, 0.6) is 0 Å². The summed E-state index contributed by atoms with van der Waals surface area (Å²) >= 11 is 3.19. The number of aryl methyl sites for hydroxylation is 1. The summed E-state index contributed by atoms with van der Waals surface area (Å²) in [5.74, 6) is -0.508. The van der Waals surface area contributed by atoms with Gasteiger partial charge in [0.1, 0.15) is 11.6 Å². The van der Waals surface area contributed by atoms with Crippen LogP contribution in [-0.2, 0) is 18.4 Å². The minimum absolute atomic E-state index is 0.225. The minimum atomic E-state index is -0.500. The highest BCUT2D eigenvalue weighted by Crippen LogP contribution is 2.38. The molecule has 1 nitrogen and oxygen atoms in total. The zero-order valence-electron chi connectivity index (χ0n) is 10.8. The third kappa shape index (κ3) is 2.38. The van der Waals surface area contributed by atoms with Crippen LogP contribution in [0.4, 0.5) is 8.78 Å². The summed E-state index contributed by atoms with van der Waals surface area (Å²) in [6.07, 6.45) is 2.18. The number of halogens is 3. The van der Waals surface area contributed by atoms with Gasteiger partial charge in [0.25, 0.3) is 0 Å². The number of benzene rings is 2. The van der Waals surface area contributed by atoms with Crippen LogP contribution in [0.3, 0.4) is 0 Å². The van der Waals surface area contributed by atoms with Gasteiger partial charge in [-0.15, -0.1) is 0 Å². The van der Waals surface area contributed by atoms with Crippen LogP contribution in [0, 0.1) is 11.6 Å². The minimum Gasteiger partial charge on any atom is -0.321 e. The summed E-state index contributed by atoms with van der Waals surface area (Å²) < 4.78 is 27.0. The van der Waals surface area contributed by atoms with Crippen molar-refractivity contribution in [2.24, 2.45) is 5.73 Å². The molecule has 0 aromatic heterocycles. The second-order valence-electron chi connectivity index (χ2n) is 5.38. The van der Waals surface area contributed by atoms with Crippen molar-refractivity contribution in [3.63, 3.8) is 0 Å². The molecular formula is C16H14BrF2N. The van der Waals surface area contributed by atoms with Crippen LogP contribution in [-0.4, -0.2) is 0 Å². The van der Waals surface area contributed by atoms with E-state index in [1.54, 1.807) is 24.3 Å². The second-order valence-corrected chi connectivity index (χ2v) is 6.24. The SMILES string of the molecule is NC1(Cc2ccc(F)c(Br)c2)CCc2cc(F)ccc21. The zero-order chi connectivity index (χ0) is 14.3. The molecule has 0 fully saturated rings. The highest BCUT2D eigenvalue weighted by atomic mass is 79.9. The summed E-state index contributed by atoms with van der Waals surface area (Å²) in [6.45, 7) is 0. The quantitative estimate of drug-likeness (QED) is 0.878. The summed E-state index contributed by atoms with van der Waals surface area (Å²) in [7, 11) is 0. The fraction of sp³-hybridized carbons (Fsp3) is 0.250. The zero-order valence-corrected chi connectivity index (χ0v) is 12.4. The van der Waals surface area contributed by atoms with Gasteiger partial charge in [-0.3, -0.25) is 0 Å². The van der Waals surface area contributed by atoms with Gasteiger partial charge in [0.15, 0.2) is 0 Å². The monoisotopic (exact) mass is 337 g/mol. The Bertz CT molecular complexity index is 672. The second kappa shape index (κ2) is 4.93. The third-order valence-electron chi connectivity index (χ3n) is 3.95. The Hall–Kier alpha value is -1.26. The van der Waals surface area contributed by atoms with E-state index in [0.717, 1.165) is 29.5 Å². The molecule has 0 heterocycles. The molecule has 1 atom stereocenters. The maximum Gasteiger partial charge on any atom is 0.137 e. The molecule has 1 unspecified atom stereocenters. The van der Waals surface area contributed by atoms with E-state index in [4.69, 9.17) is 5.73 Å². The van der Waals surface area contributed by atoms with Crippen molar-refractivity contribution in [2.75, 3.05) is 0 Å². The fourth-order valence-electron chi connectivity index (χ4n) is 2.94. The van der Waals surface area contributed by atoms with Crippen molar-refractivity contribution in [1.29, 1.82) is 0 Å². The Balaban J connectivity index is 1.93. The van der Waals surface area contributed by atoms with E-state index < -0.39 is 5.54 Å². The molecule has 1 aliphatic carbocycles. The van der Waals surface area contributed by atoms with Gasteiger partial charge in [-0.2, -0.15) is 0 Å². The van der Waals surface area contributed by atoms with Crippen molar-refractivity contribution in [3.05, 3.63) is 69.2 Å². The normalized spacial score (nSPS) is 21.0. The Morgan fingerprint density at radius 3 is 2.70 bits per heavy atom. The van der Waals surface area contributed by atoms with Crippen molar-refractivity contribution >= 4 is 15.9 Å². The molecule has 0 aliphatic heterocycles. The average molecular weight is 338 g/mol. The van der Waals surface area contributed by atoms with E-state index >= 15 is 0 Å². The summed E-state index contributed by atoms with van der Waals surface area (Å²) in [5.41, 5.74) is 8.96. The topological polar surface area (TPSA) is 26.0 Å². The van der Waals surface area contributed by atoms with Gasteiger partial charge in [-0.25, -0.2) is 8.78 Å². The lowest BCUT2D eigenvalue weighted by Crippen LogP contribution is -2.36. The van der Waals surface area contributed by atoms with E-state index in [1.807, 2.05) is 0 Å². The molecule has 104 valence electrons. The van der Waals surface area contributed by atoms with Crippen LogP contribution >= 0.6 is 15.9 Å². The van der Waals surface area contributed by atoms with Gasteiger partial charge in [-0.1, -0.05) is 12.1 Å². The van der Waals surface area contributed by atoms with E-state index in [0.29, 0.717) is 10.9 Å². The van der Waals surface area contributed by atoms with Crippen molar-refractivity contribution in [2.45, 2.75) is 24.8 Å². The van der Waals surface area contributed by atoms with E-state index in [2.05, 4.69) is 15.9 Å². The maximum atomic E-state index is 13.3. The van der Waals surface area contributed by atoms with Crippen LogP contribution in [0.2, 0.25) is 0 Å². The number of nitrogens with two attached hydrogens (primary N) is 1. The summed E-state index contributed by atoms with van der Waals surface area (Å²) in [5, 5.41) is 0. The van der Waals surface area contributed by atoms with E-state index in [1.165, 1.54) is 12.1 Å². The molecular weight excluding hydrogens is 324 g/mol. The Labute approximate surface area is 124 Å². The van der Waals surface area contributed by atoms with Gasteiger partial charge in [0.2, 0.25) is 0 Å². The molecule has 4 heteroatoms. The first-order valence-corrected chi connectivity index (χ1v) is 7.29. The molecule has 0 saturated carbocycles. The molecule has 0 amide bonds. The number of fused-ring (bicyclic) bond motifs is 1. The van der Waals surface area contributed by atoms with Crippen LogP contribution in [0.25, 0.3) is 0 Å². The van der Waals surface area contributed by atoms with Crippen molar-refractivity contribution < 1.29 is 8.78 Å². The molecule has 1 aliphatic rings. The lowest BCUT2D eigenvalue weighted by Gasteiger charge is -2.26. The highest BCUT2D eigenvalue weighted by Gasteiger charge is 2.35.